The zero-order chi connectivity index (χ0) is 9.14. The lowest BCUT2D eigenvalue weighted by molar-refractivity contribution is -0.0196. The second kappa shape index (κ2) is 4.21. The Morgan fingerprint density at radius 1 is 1.33 bits per heavy atom. The lowest BCUT2D eigenvalue weighted by atomic mass is 10.2. The van der Waals surface area contributed by atoms with Crippen molar-refractivity contribution in [3.05, 3.63) is 0 Å². The molecule has 0 radical (unpaired) electrons. The fraction of sp³-hybridized carbons (Fsp3) is 1.00. The molecule has 0 saturated carbocycles. The normalized spacial score (nSPS) is 30.5. The Morgan fingerprint density at radius 2 is 2.00 bits per heavy atom. The third kappa shape index (κ3) is 2.44. The van der Waals surface area contributed by atoms with Gasteiger partial charge in [0.05, 0.1) is 31.5 Å². The number of hydrogen-bond donors (Lipinski definition) is 0. The van der Waals surface area contributed by atoms with Gasteiger partial charge >= 0.3 is 0 Å². The van der Waals surface area contributed by atoms with E-state index in [0.717, 1.165) is 13.2 Å². The van der Waals surface area contributed by atoms with Crippen LogP contribution in [0.2, 0.25) is 0 Å². The molecule has 0 aromatic rings. The summed E-state index contributed by atoms with van der Waals surface area (Å²) in [4.78, 5) is 2.17. The number of hydrogen-bond acceptors (Lipinski definition) is 3. The minimum Gasteiger partial charge on any atom is -0.377 e. The standard InChI is InChI=1S/C9H19NO2/c1-7(2)12-9-6-11-5-8(9)10(3)4/h7-9H,5-6H2,1-4H3. The van der Waals surface area contributed by atoms with Gasteiger partial charge in [-0.05, 0) is 27.9 Å². The molecule has 0 aromatic carbocycles. The summed E-state index contributed by atoms with van der Waals surface area (Å²) in [7, 11) is 4.13. The van der Waals surface area contributed by atoms with Crippen LogP contribution in [0.1, 0.15) is 13.8 Å². The van der Waals surface area contributed by atoms with E-state index in [1.807, 2.05) is 0 Å². The summed E-state index contributed by atoms with van der Waals surface area (Å²) < 4.78 is 11.1. The number of rotatable bonds is 3. The first-order valence-electron chi connectivity index (χ1n) is 4.51. The maximum absolute atomic E-state index is 5.72. The van der Waals surface area contributed by atoms with Crippen LogP contribution in [-0.4, -0.2) is 50.5 Å². The molecular formula is C9H19NO2. The molecule has 1 rings (SSSR count). The molecule has 72 valence electrons. The molecule has 3 nitrogen and oxygen atoms in total. The fourth-order valence-corrected chi connectivity index (χ4v) is 1.48. The fourth-order valence-electron chi connectivity index (χ4n) is 1.48. The number of ether oxygens (including phenoxy) is 2. The van der Waals surface area contributed by atoms with Crippen molar-refractivity contribution in [2.24, 2.45) is 0 Å². The molecule has 2 atom stereocenters. The highest BCUT2D eigenvalue weighted by atomic mass is 16.6. The predicted molar refractivity (Wildman–Crippen MR) is 48.3 cm³/mol. The van der Waals surface area contributed by atoms with Crippen LogP contribution in [-0.2, 0) is 9.47 Å². The van der Waals surface area contributed by atoms with Crippen molar-refractivity contribution in [2.75, 3.05) is 27.3 Å². The van der Waals surface area contributed by atoms with Crippen LogP contribution in [0.4, 0.5) is 0 Å². The smallest absolute Gasteiger partial charge is 0.0988 e. The van der Waals surface area contributed by atoms with Gasteiger partial charge in [0.25, 0.3) is 0 Å². The zero-order valence-electron chi connectivity index (χ0n) is 8.41. The Bertz CT molecular complexity index is 136. The van der Waals surface area contributed by atoms with Crippen LogP contribution >= 0.6 is 0 Å². The van der Waals surface area contributed by atoms with Crippen LogP contribution in [0.5, 0.6) is 0 Å². The Morgan fingerprint density at radius 3 is 2.50 bits per heavy atom. The molecule has 12 heavy (non-hydrogen) atoms. The summed E-state index contributed by atoms with van der Waals surface area (Å²) >= 11 is 0. The van der Waals surface area contributed by atoms with E-state index in [4.69, 9.17) is 9.47 Å². The van der Waals surface area contributed by atoms with Crippen LogP contribution in [0, 0.1) is 0 Å². The van der Waals surface area contributed by atoms with E-state index >= 15 is 0 Å². The Hall–Kier alpha value is -0.120. The van der Waals surface area contributed by atoms with Crippen molar-refractivity contribution in [2.45, 2.75) is 32.1 Å². The highest BCUT2D eigenvalue weighted by molar-refractivity contribution is 4.82. The lowest BCUT2D eigenvalue weighted by Gasteiger charge is -2.25. The van der Waals surface area contributed by atoms with Crippen LogP contribution in [0.3, 0.4) is 0 Å². The van der Waals surface area contributed by atoms with Gasteiger partial charge in [0.15, 0.2) is 0 Å². The van der Waals surface area contributed by atoms with Crippen molar-refractivity contribution >= 4 is 0 Å². The summed E-state index contributed by atoms with van der Waals surface area (Å²) in [6, 6.07) is 0.424. The van der Waals surface area contributed by atoms with Gasteiger partial charge in [0.2, 0.25) is 0 Å². The minimum atomic E-state index is 0.250. The second-order valence-corrected chi connectivity index (χ2v) is 3.79. The first-order chi connectivity index (χ1) is 5.61. The van der Waals surface area contributed by atoms with Crippen molar-refractivity contribution < 1.29 is 9.47 Å². The minimum absolute atomic E-state index is 0.250. The van der Waals surface area contributed by atoms with Crippen LogP contribution in [0.15, 0.2) is 0 Å². The molecule has 0 aromatic heterocycles. The lowest BCUT2D eigenvalue weighted by Crippen LogP contribution is -2.40. The SMILES string of the molecule is CC(C)OC1COCC1N(C)C. The van der Waals surface area contributed by atoms with Crippen LogP contribution < -0.4 is 0 Å². The largest absolute Gasteiger partial charge is 0.377 e. The molecule has 1 saturated heterocycles. The zero-order valence-corrected chi connectivity index (χ0v) is 8.41. The molecule has 0 amide bonds. The summed E-state index contributed by atoms with van der Waals surface area (Å²) in [6.45, 7) is 5.65. The van der Waals surface area contributed by atoms with E-state index in [0.29, 0.717) is 12.1 Å². The Labute approximate surface area is 74.6 Å². The van der Waals surface area contributed by atoms with E-state index in [1.165, 1.54) is 0 Å². The summed E-state index contributed by atoms with van der Waals surface area (Å²) in [5, 5.41) is 0. The molecule has 3 heteroatoms. The molecular weight excluding hydrogens is 154 g/mol. The topological polar surface area (TPSA) is 21.7 Å². The van der Waals surface area contributed by atoms with E-state index in [-0.39, 0.29) is 6.10 Å². The molecule has 1 aliphatic rings. The van der Waals surface area contributed by atoms with Gasteiger partial charge in [-0.1, -0.05) is 0 Å². The molecule has 0 spiro atoms. The van der Waals surface area contributed by atoms with Crippen LogP contribution in [0.25, 0.3) is 0 Å². The predicted octanol–water partition coefficient (Wildman–Crippen LogP) is 0.740. The van der Waals surface area contributed by atoms with Crippen molar-refractivity contribution in [3.8, 4) is 0 Å². The maximum Gasteiger partial charge on any atom is 0.0988 e. The maximum atomic E-state index is 5.72. The van der Waals surface area contributed by atoms with Crippen molar-refractivity contribution in [3.63, 3.8) is 0 Å². The average Bonchev–Trinajstić information content (AvgIpc) is 2.33. The van der Waals surface area contributed by atoms with Crippen molar-refractivity contribution in [1.82, 2.24) is 4.90 Å². The molecule has 1 aliphatic heterocycles. The molecule has 1 fully saturated rings. The summed E-state index contributed by atoms with van der Waals surface area (Å²) in [5.74, 6) is 0. The highest BCUT2D eigenvalue weighted by Gasteiger charge is 2.30. The Kier molecular flexibility index (Phi) is 3.50. The molecule has 0 aliphatic carbocycles. The molecule has 0 N–H and O–H groups in total. The average molecular weight is 173 g/mol. The molecule has 2 unspecified atom stereocenters. The van der Waals surface area contributed by atoms with Gasteiger partial charge in [-0.25, -0.2) is 0 Å². The third-order valence-electron chi connectivity index (χ3n) is 2.11. The third-order valence-corrected chi connectivity index (χ3v) is 2.11. The first-order valence-corrected chi connectivity index (χ1v) is 4.51. The number of likely N-dealkylation sites (N-methyl/N-ethyl adjacent to an activating group) is 1. The quantitative estimate of drug-likeness (QED) is 0.628. The van der Waals surface area contributed by atoms with E-state index in [9.17, 15) is 0 Å². The first kappa shape index (κ1) is 9.96. The molecule has 0 bridgehead atoms. The Balaban J connectivity index is 2.41. The number of nitrogens with zero attached hydrogens (tertiary/aromatic N) is 1. The van der Waals surface area contributed by atoms with Crippen molar-refractivity contribution in [1.29, 1.82) is 0 Å². The monoisotopic (exact) mass is 173 g/mol. The highest BCUT2D eigenvalue weighted by Crippen LogP contribution is 2.15. The van der Waals surface area contributed by atoms with Gasteiger partial charge in [0, 0.05) is 0 Å². The van der Waals surface area contributed by atoms with E-state index < -0.39 is 0 Å². The van der Waals surface area contributed by atoms with E-state index in [1.54, 1.807) is 0 Å². The van der Waals surface area contributed by atoms with Gasteiger partial charge in [-0.3, -0.25) is 0 Å². The van der Waals surface area contributed by atoms with E-state index in [2.05, 4.69) is 32.8 Å². The van der Waals surface area contributed by atoms with Gasteiger partial charge in [-0.2, -0.15) is 0 Å². The van der Waals surface area contributed by atoms with Gasteiger partial charge in [-0.15, -0.1) is 0 Å². The van der Waals surface area contributed by atoms with Gasteiger partial charge in [0.1, 0.15) is 0 Å². The van der Waals surface area contributed by atoms with Gasteiger partial charge < -0.3 is 14.4 Å². The molecule has 1 heterocycles. The second-order valence-electron chi connectivity index (χ2n) is 3.79. The summed E-state index contributed by atoms with van der Waals surface area (Å²) in [6.07, 6.45) is 0.541. The summed E-state index contributed by atoms with van der Waals surface area (Å²) in [5.41, 5.74) is 0.